The molecule has 0 aliphatic rings. The lowest BCUT2D eigenvalue weighted by atomic mass is 10.4. The zero-order valence-electron chi connectivity index (χ0n) is 7.28. The van der Waals surface area contributed by atoms with Crippen molar-refractivity contribution in [2.45, 2.75) is 20.3 Å². The van der Waals surface area contributed by atoms with Gasteiger partial charge in [-0.15, -0.1) is 5.10 Å². The van der Waals surface area contributed by atoms with Gasteiger partial charge in [-0.3, -0.25) is 5.43 Å². The molecule has 0 aromatic carbocycles. The van der Waals surface area contributed by atoms with Crippen molar-refractivity contribution in [1.29, 1.82) is 0 Å². The summed E-state index contributed by atoms with van der Waals surface area (Å²) in [7, 11) is 0. The number of rotatable bonds is 3. The molecule has 1 aromatic rings. The van der Waals surface area contributed by atoms with Gasteiger partial charge in [-0.05, 0) is 25.5 Å². The maximum absolute atomic E-state index is 3.91. The maximum Gasteiger partial charge on any atom is 0.168 e. The molecule has 1 rings (SSSR count). The van der Waals surface area contributed by atoms with Crippen molar-refractivity contribution in [1.82, 2.24) is 10.2 Å². The summed E-state index contributed by atoms with van der Waals surface area (Å²) in [4.78, 5) is 0. The lowest BCUT2D eigenvalue weighted by Crippen LogP contribution is -1.94. The molecule has 0 aliphatic carbocycles. The van der Waals surface area contributed by atoms with Crippen LogP contribution in [0.3, 0.4) is 0 Å². The zero-order valence-corrected chi connectivity index (χ0v) is 7.28. The molecule has 1 aromatic heterocycles. The molecule has 64 valence electrons. The fourth-order valence-corrected chi connectivity index (χ4v) is 0.662. The van der Waals surface area contributed by atoms with Crippen LogP contribution >= 0.6 is 0 Å². The van der Waals surface area contributed by atoms with Crippen molar-refractivity contribution in [2.24, 2.45) is 5.10 Å². The second kappa shape index (κ2) is 4.43. The van der Waals surface area contributed by atoms with Gasteiger partial charge in [0.15, 0.2) is 5.82 Å². The maximum atomic E-state index is 3.91. The molecule has 0 aliphatic heterocycles. The summed E-state index contributed by atoms with van der Waals surface area (Å²) in [6.07, 6.45) is 2.69. The van der Waals surface area contributed by atoms with Gasteiger partial charge in [-0.1, -0.05) is 6.92 Å². The topological polar surface area (TPSA) is 50.2 Å². The smallest absolute Gasteiger partial charge is 0.168 e. The van der Waals surface area contributed by atoms with Crippen LogP contribution in [-0.4, -0.2) is 16.4 Å². The molecule has 1 N–H and O–H groups in total. The van der Waals surface area contributed by atoms with Gasteiger partial charge < -0.3 is 0 Å². The quantitative estimate of drug-likeness (QED) is 0.545. The van der Waals surface area contributed by atoms with E-state index in [2.05, 4.69) is 20.7 Å². The van der Waals surface area contributed by atoms with Crippen LogP contribution in [-0.2, 0) is 0 Å². The molecule has 0 unspecified atom stereocenters. The van der Waals surface area contributed by atoms with E-state index in [0.717, 1.165) is 12.1 Å². The Morgan fingerprint density at radius 3 is 2.92 bits per heavy atom. The largest absolute Gasteiger partial charge is 0.260 e. The van der Waals surface area contributed by atoms with Crippen molar-refractivity contribution in [3.8, 4) is 0 Å². The molecule has 0 spiro atoms. The highest BCUT2D eigenvalue weighted by molar-refractivity contribution is 5.58. The Morgan fingerprint density at radius 2 is 2.33 bits per heavy atom. The van der Waals surface area contributed by atoms with Gasteiger partial charge >= 0.3 is 0 Å². The van der Waals surface area contributed by atoms with Crippen LogP contribution in [0.15, 0.2) is 17.2 Å². The Kier molecular flexibility index (Phi) is 3.19. The molecule has 0 amide bonds. The van der Waals surface area contributed by atoms with Gasteiger partial charge in [0.1, 0.15) is 0 Å². The van der Waals surface area contributed by atoms with Gasteiger partial charge in [0, 0.05) is 6.21 Å². The first-order chi connectivity index (χ1) is 5.83. The van der Waals surface area contributed by atoms with E-state index in [1.807, 2.05) is 26.0 Å². The summed E-state index contributed by atoms with van der Waals surface area (Å²) in [5.41, 5.74) is 3.67. The molecule has 4 nitrogen and oxygen atoms in total. The lowest BCUT2D eigenvalue weighted by Gasteiger charge is -1.96. The number of hydrogen-bond donors (Lipinski definition) is 1. The molecular formula is C8H12N4. The van der Waals surface area contributed by atoms with Crippen molar-refractivity contribution in [2.75, 3.05) is 5.43 Å². The molecule has 0 atom stereocenters. The number of nitrogens with zero attached hydrogens (tertiary/aromatic N) is 3. The predicted octanol–water partition coefficient (Wildman–Crippen LogP) is 1.59. The van der Waals surface area contributed by atoms with E-state index in [0.29, 0.717) is 5.82 Å². The van der Waals surface area contributed by atoms with Gasteiger partial charge in [0.25, 0.3) is 0 Å². The Bertz CT molecular complexity index is 252. The van der Waals surface area contributed by atoms with Crippen LogP contribution in [0.4, 0.5) is 5.82 Å². The van der Waals surface area contributed by atoms with Crippen molar-refractivity contribution in [3.05, 3.63) is 17.8 Å². The summed E-state index contributed by atoms with van der Waals surface area (Å²) in [5.74, 6) is 0.672. The van der Waals surface area contributed by atoms with E-state index in [1.165, 1.54) is 0 Å². The average Bonchev–Trinajstić information content (AvgIpc) is 2.09. The molecule has 0 bridgehead atoms. The van der Waals surface area contributed by atoms with Crippen LogP contribution < -0.4 is 5.43 Å². The number of aromatic nitrogens is 2. The van der Waals surface area contributed by atoms with E-state index >= 15 is 0 Å². The standard InChI is InChI=1S/C8H12N4/c1-3-6-9-11-8-5-4-7(2)10-12-8/h4-6H,3H2,1-2H3,(H,11,12)/b9-6+. The monoisotopic (exact) mass is 164 g/mol. The second-order valence-corrected chi connectivity index (χ2v) is 2.39. The minimum Gasteiger partial charge on any atom is -0.260 e. The highest BCUT2D eigenvalue weighted by atomic mass is 15.3. The SMILES string of the molecule is CC/C=N/Nc1ccc(C)nn1. The van der Waals surface area contributed by atoms with Gasteiger partial charge in [-0.2, -0.15) is 10.2 Å². The highest BCUT2D eigenvalue weighted by Gasteiger charge is 1.89. The molecule has 0 fully saturated rings. The van der Waals surface area contributed by atoms with Gasteiger partial charge in [-0.25, -0.2) is 0 Å². The third-order valence-corrected chi connectivity index (χ3v) is 1.25. The molecule has 1 heterocycles. The lowest BCUT2D eigenvalue weighted by molar-refractivity contribution is 0.975. The molecule has 12 heavy (non-hydrogen) atoms. The first kappa shape index (κ1) is 8.64. The summed E-state index contributed by atoms with van der Waals surface area (Å²) in [5, 5.41) is 11.7. The third-order valence-electron chi connectivity index (χ3n) is 1.25. The van der Waals surface area contributed by atoms with Crippen molar-refractivity contribution >= 4 is 12.0 Å². The van der Waals surface area contributed by atoms with Gasteiger partial charge in [0.2, 0.25) is 0 Å². The molecular weight excluding hydrogens is 152 g/mol. The Hall–Kier alpha value is -1.45. The number of aryl methyl sites for hydroxylation is 1. The van der Waals surface area contributed by atoms with Crippen LogP contribution in [0, 0.1) is 6.92 Å². The van der Waals surface area contributed by atoms with Crippen molar-refractivity contribution in [3.63, 3.8) is 0 Å². The highest BCUT2D eigenvalue weighted by Crippen LogP contribution is 1.99. The Labute approximate surface area is 71.7 Å². The fraction of sp³-hybridized carbons (Fsp3) is 0.375. The summed E-state index contributed by atoms with van der Waals surface area (Å²) < 4.78 is 0. The second-order valence-electron chi connectivity index (χ2n) is 2.39. The average molecular weight is 164 g/mol. The number of nitrogens with one attached hydrogen (secondary N) is 1. The van der Waals surface area contributed by atoms with E-state index in [-0.39, 0.29) is 0 Å². The zero-order chi connectivity index (χ0) is 8.81. The number of hydrazone groups is 1. The first-order valence-corrected chi connectivity index (χ1v) is 3.91. The predicted molar refractivity (Wildman–Crippen MR) is 49.2 cm³/mol. The first-order valence-electron chi connectivity index (χ1n) is 3.91. The normalized spacial score (nSPS) is 10.5. The van der Waals surface area contributed by atoms with E-state index in [9.17, 15) is 0 Å². The third kappa shape index (κ3) is 2.65. The minimum absolute atomic E-state index is 0.672. The molecule has 0 radical (unpaired) electrons. The van der Waals surface area contributed by atoms with E-state index < -0.39 is 0 Å². The van der Waals surface area contributed by atoms with E-state index in [4.69, 9.17) is 0 Å². The Balaban J connectivity index is 2.53. The van der Waals surface area contributed by atoms with Crippen LogP contribution in [0.1, 0.15) is 19.0 Å². The summed E-state index contributed by atoms with van der Waals surface area (Å²) in [6.45, 7) is 3.91. The van der Waals surface area contributed by atoms with Crippen LogP contribution in [0.25, 0.3) is 0 Å². The number of anilines is 1. The molecule has 0 saturated heterocycles. The molecule has 0 saturated carbocycles. The van der Waals surface area contributed by atoms with Gasteiger partial charge in [0.05, 0.1) is 5.69 Å². The number of hydrogen-bond acceptors (Lipinski definition) is 4. The van der Waals surface area contributed by atoms with Crippen LogP contribution in [0.5, 0.6) is 0 Å². The van der Waals surface area contributed by atoms with Crippen molar-refractivity contribution < 1.29 is 0 Å². The fourth-order valence-electron chi connectivity index (χ4n) is 0.662. The Morgan fingerprint density at radius 1 is 1.50 bits per heavy atom. The van der Waals surface area contributed by atoms with Crippen LogP contribution in [0.2, 0.25) is 0 Å². The molecule has 4 heteroatoms. The minimum atomic E-state index is 0.672. The summed E-state index contributed by atoms with van der Waals surface area (Å²) in [6, 6.07) is 3.73. The summed E-state index contributed by atoms with van der Waals surface area (Å²) >= 11 is 0. The van der Waals surface area contributed by atoms with E-state index in [1.54, 1.807) is 6.21 Å².